The van der Waals surface area contributed by atoms with Gasteiger partial charge in [0.25, 0.3) is 0 Å². The average molecular weight is 367 g/mol. The van der Waals surface area contributed by atoms with Gasteiger partial charge in [0.05, 0.1) is 0 Å². The van der Waals surface area contributed by atoms with Crippen molar-refractivity contribution in [1.82, 2.24) is 19.5 Å². The number of sulfonamides is 1. The van der Waals surface area contributed by atoms with Gasteiger partial charge in [-0.25, -0.2) is 8.42 Å². The highest BCUT2D eigenvalue weighted by molar-refractivity contribution is 7.89. The molecule has 144 valence electrons. The Balaban J connectivity index is 2.81. The lowest BCUT2D eigenvalue weighted by atomic mass is 10.2. The largest absolute Gasteiger partial charge is 0.304 e. The van der Waals surface area contributed by atoms with E-state index in [1.54, 1.807) is 0 Å². The second kappa shape index (κ2) is 10.6. The molecule has 1 heterocycles. The van der Waals surface area contributed by atoms with Gasteiger partial charge < -0.3 is 4.90 Å². The van der Waals surface area contributed by atoms with E-state index < -0.39 is 15.4 Å². The van der Waals surface area contributed by atoms with E-state index in [9.17, 15) is 18.8 Å². The number of hydrazine groups is 1. The van der Waals surface area contributed by atoms with Crippen LogP contribution in [0.15, 0.2) is 0 Å². The maximum atomic E-state index is 12.9. The molecule has 0 aromatic rings. The SMILES string of the molecule is CCCCCN(O)N(O)C(CCCC)S(=O)(=O)N1CCN(C)CC1. The van der Waals surface area contributed by atoms with Gasteiger partial charge in [-0.05, 0) is 19.9 Å². The Morgan fingerprint density at radius 2 is 1.58 bits per heavy atom. The third-order valence-corrected chi connectivity index (χ3v) is 6.62. The molecule has 1 fully saturated rings. The van der Waals surface area contributed by atoms with Crippen molar-refractivity contribution in [1.29, 1.82) is 0 Å². The van der Waals surface area contributed by atoms with Crippen molar-refractivity contribution in [2.75, 3.05) is 39.8 Å². The van der Waals surface area contributed by atoms with Crippen LogP contribution < -0.4 is 0 Å². The van der Waals surface area contributed by atoms with Gasteiger partial charge in [0, 0.05) is 32.7 Å². The number of unbranched alkanes of at least 4 members (excludes halogenated alkanes) is 3. The molecule has 1 unspecified atom stereocenters. The molecular formula is C15H34N4O4S. The molecule has 9 heteroatoms. The van der Waals surface area contributed by atoms with E-state index in [0.29, 0.717) is 49.4 Å². The van der Waals surface area contributed by atoms with Gasteiger partial charge in [-0.15, -0.1) is 0 Å². The number of nitrogens with zero attached hydrogens (tertiary/aromatic N) is 4. The van der Waals surface area contributed by atoms with Crippen LogP contribution in [0.5, 0.6) is 0 Å². The number of piperazine rings is 1. The van der Waals surface area contributed by atoms with Gasteiger partial charge in [0.1, 0.15) is 0 Å². The summed E-state index contributed by atoms with van der Waals surface area (Å²) in [4.78, 5) is 2.08. The fraction of sp³-hybridized carbons (Fsp3) is 1.00. The van der Waals surface area contributed by atoms with E-state index in [2.05, 4.69) is 4.90 Å². The molecule has 0 amide bonds. The molecule has 1 aliphatic rings. The molecule has 2 N–H and O–H groups in total. The molecular weight excluding hydrogens is 332 g/mol. The van der Waals surface area contributed by atoms with Crippen LogP contribution in [0.25, 0.3) is 0 Å². The summed E-state index contributed by atoms with van der Waals surface area (Å²) in [7, 11) is -1.76. The first-order valence-electron chi connectivity index (χ1n) is 8.96. The highest BCUT2D eigenvalue weighted by Gasteiger charge is 2.39. The number of hydrogen-bond donors (Lipinski definition) is 2. The van der Waals surface area contributed by atoms with Crippen LogP contribution in [0.1, 0.15) is 52.4 Å². The van der Waals surface area contributed by atoms with E-state index in [4.69, 9.17) is 0 Å². The molecule has 8 nitrogen and oxygen atoms in total. The van der Waals surface area contributed by atoms with Gasteiger partial charge in [-0.3, -0.25) is 10.4 Å². The molecule has 1 saturated heterocycles. The lowest BCUT2D eigenvalue weighted by Gasteiger charge is -2.37. The first-order valence-corrected chi connectivity index (χ1v) is 10.5. The lowest BCUT2D eigenvalue weighted by Crippen LogP contribution is -2.56. The highest BCUT2D eigenvalue weighted by Crippen LogP contribution is 2.20. The monoisotopic (exact) mass is 366 g/mol. The molecule has 0 aliphatic carbocycles. The van der Waals surface area contributed by atoms with Gasteiger partial charge in [0.15, 0.2) is 5.37 Å². The maximum Gasteiger partial charge on any atom is 0.234 e. The van der Waals surface area contributed by atoms with Crippen LogP contribution in [0.4, 0.5) is 0 Å². The van der Waals surface area contributed by atoms with Gasteiger partial charge in [0.2, 0.25) is 10.0 Å². The average Bonchev–Trinajstić information content (AvgIpc) is 2.55. The Bertz CT molecular complexity index is 441. The fourth-order valence-corrected chi connectivity index (χ4v) is 4.56. The summed E-state index contributed by atoms with van der Waals surface area (Å²) in [6.45, 7) is 6.40. The Hall–Kier alpha value is -0.290. The van der Waals surface area contributed by atoms with Gasteiger partial charge in [-0.2, -0.15) is 4.31 Å². The van der Waals surface area contributed by atoms with Crippen molar-refractivity contribution in [2.45, 2.75) is 57.7 Å². The standard InChI is InChI=1S/C15H34N4O4S/c1-4-6-8-10-18(20)19(21)15(9-7-5-2)24(22,23)17-13-11-16(3)12-14-17/h15,20-21H,4-14H2,1-3H3. The summed E-state index contributed by atoms with van der Waals surface area (Å²) < 4.78 is 27.3. The van der Waals surface area contributed by atoms with Crippen LogP contribution in [0.2, 0.25) is 0 Å². The quantitative estimate of drug-likeness (QED) is 0.424. The Morgan fingerprint density at radius 3 is 2.12 bits per heavy atom. The Labute approximate surface area is 146 Å². The van der Waals surface area contributed by atoms with Crippen molar-refractivity contribution in [3.05, 3.63) is 0 Å². The molecule has 0 saturated carbocycles. The van der Waals surface area contributed by atoms with Crippen LogP contribution >= 0.6 is 0 Å². The second-order valence-corrected chi connectivity index (χ2v) is 8.56. The normalized spacial score (nSPS) is 19.3. The number of hydrogen-bond acceptors (Lipinski definition) is 7. The minimum absolute atomic E-state index is 0.214. The first kappa shape index (κ1) is 21.8. The third-order valence-electron chi connectivity index (χ3n) is 4.43. The summed E-state index contributed by atoms with van der Waals surface area (Å²) >= 11 is 0. The molecule has 24 heavy (non-hydrogen) atoms. The Morgan fingerprint density at radius 1 is 1.00 bits per heavy atom. The summed E-state index contributed by atoms with van der Waals surface area (Å²) in [5.41, 5.74) is 0. The zero-order valence-corrected chi connectivity index (χ0v) is 16.1. The molecule has 0 aromatic carbocycles. The predicted octanol–water partition coefficient (Wildman–Crippen LogP) is 1.57. The van der Waals surface area contributed by atoms with Gasteiger partial charge in [-0.1, -0.05) is 49.9 Å². The summed E-state index contributed by atoms with van der Waals surface area (Å²) in [5.74, 6) is 0. The van der Waals surface area contributed by atoms with Crippen molar-refractivity contribution < 1.29 is 18.8 Å². The molecule has 1 aliphatic heterocycles. The number of rotatable bonds is 11. The maximum absolute atomic E-state index is 12.9. The van der Waals surface area contributed by atoms with Crippen LogP contribution in [-0.2, 0) is 10.0 Å². The minimum atomic E-state index is -3.71. The van der Waals surface area contributed by atoms with Crippen LogP contribution in [0, 0.1) is 0 Å². The zero-order chi connectivity index (χ0) is 18.2. The van der Waals surface area contributed by atoms with Crippen molar-refractivity contribution in [2.24, 2.45) is 0 Å². The molecule has 0 radical (unpaired) electrons. The second-order valence-electron chi connectivity index (χ2n) is 6.47. The van der Waals surface area contributed by atoms with E-state index in [0.717, 1.165) is 19.3 Å². The smallest absolute Gasteiger partial charge is 0.234 e. The van der Waals surface area contributed by atoms with Crippen molar-refractivity contribution in [3.8, 4) is 0 Å². The van der Waals surface area contributed by atoms with E-state index in [1.165, 1.54) is 4.31 Å². The number of hydroxylamine groups is 2. The minimum Gasteiger partial charge on any atom is -0.304 e. The summed E-state index contributed by atoms with van der Waals surface area (Å²) in [6.07, 6.45) is 4.36. The van der Waals surface area contributed by atoms with Crippen molar-refractivity contribution in [3.63, 3.8) is 0 Å². The summed E-state index contributed by atoms with van der Waals surface area (Å²) in [5, 5.41) is 20.4. The fourth-order valence-electron chi connectivity index (χ4n) is 2.73. The molecule has 0 aromatic heterocycles. The molecule has 1 rings (SSSR count). The highest BCUT2D eigenvalue weighted by atomic mass is 32.2. The molecule has 0 bridgehead atoms. The summed E-state index contributed by atoms with van der Waals surface area (Å²) in [6, 6.07) is 0. The topological polar surface area (TPSA) is 87.6 Å². The molecule has 1 atom stereocenters. The van der Waals surface area contributed by atoms with Crippen LogP contribution in [0.3, 0.4) is 0 Å². The van der Waals surface area contributed by atoms with E-state index >= 15 is 0 Å². The van der Waals surface area contributed by atoms with E-state index in [-0.39, 0.29) is 13.0 Å². The predicted molar refractivity (Wildman–Crippen MR) is 92.9 cm³/mol. The lowest BCUT2D eigenvalue weighted by molar-refractivity contribution is -0.374. The van der Waals surface area contributed by atoms with Crippen molar-refractivity contribution >= 4 is 10.0 Å². The molecule has 0 spiro atoms. The Kier molecular flexibility index (Phi) is 9.65. The third kappa shape index (κ3) is 6.21. The number of likely N-dealkylation sites (N-methyl/N-ethyl adjacent to an activating group) is 1. The first-order chi connectivity index (χ1) is 11.3. The van der Waals surface area contributed by atoms with Gasteiger partial charge >= 0.3 is 0 Å². The zero-order valence-electron chi connectivity index (χ0n) is 15.3. The van der Waals surface area contributed by atoms with E-state index in [1.807, 2.05) is 20.9 Å². The van der Waals surface area contributed by atoms with Crippen LogP contribution in [-0.4, -0.2) is 83.5 Å².